The Labute approximate surface area is 227 Å². The largest absolute Gasteiger partial charge is 0.456 e. The highest BCUT2D eigenvalue weighted by Crippen LogP contribution is 2.39. The van der Waals surface area contributed by atoms with Crippen molar-refractivity contribution in [3.05, 3.63) is 114 Å². The summed E-state index contributed by atoms with van der Waals surface area (Å²) < 4.78 is 12.3. The zero-order valence-corrected chi connectivity index (χ0v) is 21.2. The molecule has 0 fully saturated rings. The lowest BCUT2D eigenvalue weighted by Gasteiger charge is -2.07. The highest BCUT2D eigenvalue weighted by Gasteiger charge is 2.19. The summed E-state index contributed by atoms with van der Waals surface area (Å²) >= 11 is 6.53. The van der Waals surface area contributed by atoms with Gasteiger partial charge in [-0.25, -0.2) is 4.98 Å². The maximum atomic E-state index is 6.53. The molecule has 0 N–H and O–H groups in total. The molecule has 8 aromatic rings. The van der Waals surface area contributed by atoms with E-state index in [9.17, 15) is 0 Å². The van der Waals surface area contributed by atoms with Gasteiger partial charge in [0.1, 0.15) is 22.3 Å². The molecule has 5 aromatic carbocycles. The Hall–Kier alpha value is -5.00. The molecule has 0 saturated carbocycles. The van der Waals surface area contributed by atoms with Gasteiger partial charge < -0.3 is 8.83 Å². The molecule has 0 radical (unpaired) electrons. The second-order valence-corrected chi connectivity index (χ2v) is 9.72. The predicted molar refractivity (Wildman–Crippen MR) is 156 cm³/mol. The van der Waals surface area contributed by atoms with Crippen LogP contribution in [0.15, 0.2) is 118 Å². The number of hydrogen-bond acceptors (Lipinski definition) is 5. The van der Waals surface area contributed by atoms with Crippen molar-refractivity contribution < 1.29 is 8.83 Å². The van der Waals surface area contributed by atoms with Crippen LogP contribution in [-0.4, -0.2) is 15.0 Å². The van der Waals surface area contributed by atoms with E-state index in [2.05, 4.69) is 34.2 Å². The summed E-state index contributed by atoms with van der Waals surface area (Å²) in [6.45, 7) is 0. The van der Waals surface area contributed by atoms with Gasteiger partial charge >= 0.3 is 0 Å². The van der Waals surface area contributed by atoms with Gasteiger partial charge in [0.25, 0.3) is 0 Å². The zero-order valence-electron chi connectivity index (χ0n) is 20.4. The second kappa shape index (κ2) is 8.51. The molecule has 39 heavy (non-hydrogen) atoms. The van der Waals surface area contributed by atoms with Crippen molar-refractivity contribution in [2.24, 2.45) is 0 Å². The minimum absolute atomic E-state index is 0.120. The van der Waals surface area contributed by atoms with Crippen LogP contribution < -0.4 is 0 Å². The van der Waals surface area contributed by atoms with Crippen molar-refractivity contribution in [3.8, 4) is 33.9 Å². The van der Waals surface area contributed by atoms with E-state index in [0.29, 0.717) is 11.6 Å². The smallest absolute Gasteiger partial charge is 0.226 e. The van der Waals surface area contributed by atoms with Crippen LogP contribution >= 0.6 is 11.6 Å². The molecule has 0 atom stereocenters. The number of para-hydroxylation sites is 1. The van der Waals surface area contributed by atoms with Gasteiger partial charge in [-0.05, 0) is 53.1 Å². The van der Waals surface area contributed by atoms with Crippen LogP contribution in [0.3, 0.4) is 0 Å². The Morgan fingerprint density at radius 3 is 1.77 bits per heavy atom. The minimum Gasteiger partial charge on any atom is -0.456 e. The molecule has 184 valence electrons. The molecular formula is C33H18ClN3O2. The highest BCUT2D eigenvalue weighted by atomic mass is 35.5. The SMILES string of the molecule is Clc1nc(-c2cccc3oc4ccccc4c23)nc(-c2cccc3oc4ccc(-c5ccccc5)cc4c23)n1. The van der Waals surface area contributed by atoms with Crippen LogP contribution in [-0.2, 0) is 0 Å². The third kappa shape index (κ3) is 3.51. The lowest BCUT2D eigenvalue weighted by Crippen LogP contribution is -1.98. The number of benzene rings is 5. The first-order valence-corrected chi connectivity index (χ1v) is 12.9. The molecule has 3 aromatic heterocycles. The number of rotatable bonds is 3. The molecule has 5 nitrogen and oxygen atoms in total. The lowest BCUT2D eigenvalue weighted by atomic mass is 10.0. The average Bonchev–Trinajstić information content (AvgIpc) is 3.55. The number of halogens is 1. The first kappa shape index (κ1) is 22.0. The van der Waals surface area contributed by atoms with Gasteiger partial charge in [-0.2, -0.15) is 9.97 Å². The second-order valence-electron chi connectivity index (χ2n) is 9.39. The molecule has 0 spiro atoms. The Balaban J connectivity index is 1.37. The zero-order chi connectivity index (χ0) is 25.9. The maximum Gasteiger partial charge on any atom is 0.226 e. The Morgan fingerprint density at radius 1 is 0.462 bits per heavy atom. The topological polar surface area (TPSA) is 65.0 Å². The number of aromatic nitrogens is 3. The van der Waals surface area contributed by atoms with E-state index in [1.165, 1.54) is 0 Å². The van der Waals surface area contributed by atoms with E-state index in [1.807, 2.05) is 84.9 Å². The Bertz CT molecular complexity index is 2200. The van der Waals surface area contributed by atoms with Crippen LogP contribution in [0.25, 0.3) is 77.8 Å². The fourth-order valence-corrected chi connectivity index (χ4v) is 5.54. The van der Waals surface area contributed by atoms with Crippen molar-refractivity contribution >= 4 is 55.5 Å². The number of furan rings is 2. The van der Waals surface area contributed by atoms with E-state index in [0.717, 1.165) is 66.1 Å². The normalized spacial score (nSPS) is 11.7. The molecule has 6 heteroatoms. The van der Waals surface area contributed by atoms with Gasteiger partial charge in [-0.15, -0.1) is 0 Å². The number of hydrogen-bond donors (Lipinski definition) is 0. The molecule has 8 rings (SSSR count). The van der Waals surface area contributed by atoms with Crippen molar-refractivity contribution in [2.75, 3.05) is 0 Å². The number of fused-ring (bicyclic) bond motifs is 6. The lowest BCUT2D eigenvalue weighted by molar-refractivity contribution is 0.668. The average molecular weight is 524 g/mol. The van der Waals surface area contributed by atoms with E-state index < -0.39 is 0 Å². The molecule has 0 saturated heterocycles. The van der Waals surface area contributed by atoms with Crippen LogP contribution in [0.4, 0.5) is 0 Å². The first-order chi connectivity index (χ1) is 19.2. The van der Waals surface area contributed by atoms with Crippen molar-refractivity contribution in [2.45, 2.75) is 0 Å². The van der Waals surface area contributed by atoms with Crippen molar-refractivity contribution in [1.29, 1.82) is 0 Å². The van der Waals surface area contributed by atoms with Crippen LogP contribution in [0, 0.1) is 0 Å². The molecule has 0 aliphatic carbocycles. The molecule has 0 amide bonds. The summed E-state index contributed by atoms with van der Waals surface area (Å²) in [4.78, 5) is 14.0. The van der Waals surface area contributed by atoms with E-state index in [4.69, 9.17) is 25.4 Å². The molecule has 3 heterocycles. The molecule has 0 aliphatic heterocycles. The Kier molecular flexibility index (Phi) is 4.81. The maximum absolute atomic E-state index is 6.53. The summed E-state index contributed by atoms with van der Waals surface area (Å²) in [6, 6.07) is 36.3. The summed E-state index contributed by atoms with van der Waals surface area (Å²) in [7, 11) is 0. The van der Waals surface area contributed by atoms with Crippen LogP contribution in [0.2, 0.25) is 5.28 Å². The third-order valence-electron chi connectivity index (χ3n) is 7.09. The molecule has 0 bridgehead atoms. The third-order valence-corrected chi connectivity index (χ3v) is 7.26. The minimum atomic E-state index is 0.120. The van der Waals surface area contributed by atoms with Crippen molar-refractivity contribution in [1.82, 2.24) is 15.0 Å². The summed E-state index contributed by atoms with van der Waals surface area (Å²) in [5, 5.41) is 3.99. The first-order valence-electron chi connectivity index (χ1n) is 12.6. The fourth-order valence-electron chi connectivity index (χ4n) is 5.38. The monoisotopic (exact) mass is 523 g/mol. The number of nitrogens with zero attached hydrogens (tertiary/aromatic N) is 3. The molecular weight excluding hydrogens is 506 g/mol. The quantitative estimate of drug-likeness (QED) is 0.231. The van der Waals surface area contributed by atoms with Gasteiger partial charge in [0.15, 0.2) is 11.6 Å². The van der Waals surface area contributed by atoms with Gasteiger partial charge in [0.05, 0.1) is 0 Å². The van der Waals surface area contributed by atoms with Crippen molar-refractivity contribution in [3.63, 3.8) is 0 Å². The fraction of sp³-hybridized carbons (Fsp3) is 0. The van der Waals surface area contributed by atoms with E-state index in [-0.39, 0.29) is 5.28 Å². The van der Waals surface area contributed by atoms with Gasteiger partial charge in [-0.1, -0.05) is 78.9 Å². The highest BCUT2D eigenvalue weighted by molar-refractivity contribution is 6.28. The van der Waals surface area contributed by atoms with Gasteiger partial charge in [-0.3, -0.25) is 0 Å². The standard InChI is InChI=1S/C33H18ClN3O2/c34-33-36-31(22-11-6-14-27-29(22)21-10-4-5-13-25(21)38-27)35-32(37-33)23-12-7-15-28-30(23)24-18-20(16-17-26(24)39-28)19-8-2-1-3-9-19/h1-18H. The van der Waals surface area contributed by atoms with E-state index >= 15 is 0 Å². The predicted octanol–water partition coefficient (Wildman–Crippen LogP) is 9.32. The summed E-state index contributed by atoms with van der Waals surface area (Å²) in [5.41, 5.74) is 7.03. The van der Waals surface area contributed by atoms with Crippen LogP contribution in [0.5, 0.6) is 0 Å². The Morgan fingerprint density at radius 2 is 1.05 bits per heavy atom. The molecule has 0 aliphatic rings. The van der Waals surface area contributed by atoms with Gasteiger partial charge in [0.2, 0.25) is 5.28 Å². The van der Waals surface area contributed by atoms with Crippen LogP contribution in [0.1, 0.15) is 0 Å². The van der Waals surface area contributed by atoms with Gasteiger partial charge in [0, 0.05) is 32.7 Å². The van der Waals surface area contributed by atoms with E-state index in [1.54, 1.807) is 0 Å². The summed E-state index contributed by atoms with van der Waals surface area (Å²) in [6.07, 6.45) is 0. The summed E-state index contributed by atoms with van der Waals surface area (Å²) in [5.74, 6) is 0.963. The molecule has 0 unspecified atom stereocenters.